The monoisotopic (exact) mass is 429 g/mol. The van der Waals surface area contributed by atoms with Crippen LogP contribution < -0.4 is 10.6 Å². The van der Waals surface area contributed by atoms with E-state index in [2.05, 4.69) is 44.8 Å². The molecule has 2 heterocycles. The van der Waals surface area contributed by atoms with Crippen LogP contribution >= 0.6 is 0 Å². The summed E-state index contributed by atoms with van der Waals surface area (Å²) in [6.07, 6.45) is 3.43. The molecule has 0 spiro atoms. The van der Waals surface area contributed by atoms with E-state index in [4.69, 9.17) is 9.90 Å². The van der Waals surface area contributed by atoms with E-state index in [9.17, 15) is 9.59 Å². The molecule has 2 atom stereocenters. The largest absolute Gasteiger partial charge is 0.483 e. The quantitative estimate of drug-likeness (QED) is 0.496. The Hall–Kier alpha value is -3.20. The van der Waals surface area contributed by atoms with Crippen molar-refractivity contribution >= 4 is 18.3 Å². The Kier molecular flexibility index (Phi) is 9.20. The third-order valence-corrected chi connectivity index (χ3v) is 5.66. The molecule has 2 amide bonds. The van der Waals surface area contributed by atoms with E-state index >= 15 is 0 Å². The van der Waals surface area contributed by atoms with E-state index < -0.39 is 0 Å². The SMILES string of the molecule is CCc1ccc(-c2cc(C(=O)NC[C@@H]3CC[C@H](CC(=O)NC)N3C)[nH]n2)cc1.O=CO. The van der Waals surface area contributed by atoms with Crippen molar-refractivity contribution in [2.45, 2.75) is 44.7 Å². The maximum atomic E-state index is 12.5. The molecule has 3 rings (SSSR count). The number of rotatable bonds is 7. The fourth-order valence-electron chi connectivity index (χ4n) is 3.70. The molecule has 9 heteroatoms. The molecular weight excluding hydrogens is 398 g/mol. The molecule has 9 nitrogen and oxygen atoms in total. The van der Waals surface area contributed by atoms with Gasteiger partial charge < -0.3 is 15.7 Å². The number of hydrogen-bond acceptors (Lipinski definition) is 5. The number of aromatic nitrogens is 2. The molecular formula is C22H31N5O4. The standard InChI is InChI=1S/C21H29N5O2.CH2O2/c1-4-14-5-7-15(8-6-14)18-12-19(25-24-18)21(28)23-13-17-10-9-16(26(17)3)11-20(27)22-2;2-1-3/h5-8,12,16-17H,4,9-11,13H2,1-3H3,(H,22,27)(H,23,28)(H,24,25);1H,(H,2,3)/t16-,17+;/m1./s1. The van der Waals surface area contributed by atoms with E-state index in [1.807, 2.05) is 19.2 Å². The molecule has 0 bridgehead atoms. The molecule has 168 valence electrons. The van der Waals surface area contributed by atoms with Gasteiger partial charge in [-0.3, -0.25) is 24.4 Å². The molecule has 2 aromatic rings. The van der Waals surface area contributed by atoms with Gasteiger partial charge in [0, 0.05) is 37.7 Å². The fraction of sp³-hybridized carbons (Fsp3) is 0.455. The molecule has 1 saturated heterocycles. The Labute approximate surface area is 182 Å². The van der Waals surface area contributed by atoms with Crippen LogP contribution in [0.5, 0.6) is 0 Å². The molecule has 1 fully saturated rings. The molecule has 1 aromatic carbocycles. The van der Waals surface area contributed by atoms with Crippen molar-refractivity contribution in [2.75, 3.05) is 20.6 Å². The van der Waals surface area contributed by atoms with Gasteiger partial charge in [-0.15, -0.1) is 0 Å². The molecule has 0 unspecified atom stereocenters. The molecule has 0 aliphatic carbocycles. The van der Waals surface area contributed by atoms with Gasteiger partial charge in [0.1, 0.15) is 5.69 Å². The smallest absolute Gasteiger partial charge is 0.290 e. The maximum Gasteiger partial charge on any atom is 0.290 e. The van der Waals surface area contributed by atoms with Crippen molar-refractivity contribution < 1.29 is 19.5 Å². The number of aromatic amines is 1. The number of aryl methyl sites for hydroxylation is 1. The van der Waals surface area contributed by atoms with Crippen molar-refractivity contribution in [1.82, 2.24) is 25.7 Å². The van der Waals surface area contributed by atoms with Crippen LogP contribution in [0.4, 0.5) is 0 Å². The summed E-state index contributed by atoms with van der Waals surface area (Å²) in [5.41, 5.74) is 3.47. The lowest BCUT2D eigenvalue weighted by molar-refractivity contribution is -0.123. The van der Waals surface area contributed by atoms with Gasteiger partial charge >= 0.3 is 0 Å². The Bertz CT molecular complexity index is 865. The van der Waals surface area contributed by atoms with E-state index in [-0.39, 0.29) is 30.4 Å². The van der Waals surface area contributed by atoms with Crippen LogP contribution in [-0.2, 0) is 16.0 Å². The van der Waals surface area contributed by atoms with Crippen molar-refractivity contribution in [3.8, 4) is 11.3 Å². The highest BCUT2D eigenvalue weighted by atomic mass is 16.3. The predicted octanol–water partition coefficient (Wildman–Crippen LogP) is 1.67. The zero-order chi connectivity index (χ0) is 22.8. The average Bonchev–Trinajstić information content (AvgIpc) is 3.40. The van der Waals surface area contributed by atoms with E-state index in [1.54, 1.807) is 13.1 Å². The molecule has 0 saturated carbocycles. The highest BCUT2D eigenvalue weighted by Gasteiger charge is 2.31. The summed E-state index contributed by atoms with van der Waals surface area (Å²) in [5, 5.41) is 19.7. The van der Waals surface area contributed by atoms with Gasteiger partial charge in [0.15, 0.2) is 0 Å². The molecule has 1 aromatic heterocycles. The molecule has 31 heavy (non-hydrogen) atoms. The van der Waals surface area contributed by atoms with Crippen molar-refractivity contribution in [1.29, 1.82) is 0 Å². The maximum absolute atomic E-state index is 12.5. The lowest BCUT2D eigenvalue weighted by atomic mass is 10.1. The number of carboxylic acid groups (broad SMARTS) is 1. The van der Waals surface area contributed by atoms with Crippen LogP contribution in [0.2, 0.25) is 0 Å². The van der Waals surface area contributed by atoms with Gasteiger partial charge in [0.25, 0.3) is 12.4 Å². The summed E-state index contributed by atoms with van der Waals surface area (Å²) in [6, 6.07) is 10.5. The summed E-state index contributed by atoms with van der Waals surface area (Å²) in [5.74, 6) is -0.106. The minimum atomic E-state index is -0.250. The zero-order valence-corrected chi connectivity index (χ0v) is 18.2. The van der Waals surface area contributed by atoms with Crippen molar-refractivity contribution in [3.05, 3.63) is 41.6 Å². The van der Waals surface area contributed by atoms with Crippen LogP contribution in [0.15, 0.2) is 30.3 Å². The number of hydrogen-bond donors (Lipinski definition) is 4. The Morgan fingerprint density at radius 2 is 1.90 bits per heavy atom. The summed E-state index contributed by atoms with van der Waals surface area (Å²) < 4.78 is 0. The first-order valence-electron chi connectivity index (χ1n) is 10.4. The van der Waals surface area contributed by atoms with Crippen LogP contribution in [0, 0.1) is 0 Å². The average molecular weight is 430 g/mol. The Morgan fingerprint density at radius 3 is 2.52 bits per heavy atom. The van der Waals surface area contributed by atoms with Crippen LogP contribution in [0.3, 0.4) is 0 Å². The third-order valence-electron chi connectivity index (χ3n) is 5.66. The number of nitrogens with zero attached hydrogens (tertiary/aromatic N) is 2. The normalized spacial score (nSPS) is 18.0. The third kappa shape index (κ3) is 6.65. The van der Waals surface area contributed by atoms with Crippen molar-refractivity contribution in [3.63, 3.8) is 0 Å². The van der Waals surface area contributed by atoms with Crippen molar-refractivity contribution in [2.24, 2.45) is 0 Å². The number of likely N-dealkylation sites (N-methyl/N-ethyl adjacent to an activating group) is 1. The minimum absolute atomic E-state index is 0.0542. The number of amides is 2. The van der Waals surface area contributed by atoms with Crippen LogP contribution in [-0.4, -0.2) is 71.2 Å². The second-order valence-corrected chi connectivity index (χ2v) is 7.46. The molecule has 1 aliphatic rings. The highest BCUT2D eigenvalue weighted by Crippen LogP contribution is 2.24. The first kappa shape index (κ1) is 24.1. The summed E-state index contributed by atoms with van der Waals surface area (Å²) in [7, 11) is 3.68. The van der Waals surface area contributed by atoms with Gasteiger partial charge in [-0.25, -0.2) is 0 Å². The number of likely N-dealkylation sites (tertiary alicyclic amines) is 1. The number of benzene rings is 1. The lowest BCUT2D eigenvalue weighted by Gasteiger charge is -2.25. The van der Waals surface area contributed by atoms with Gasteiger partial charge in [0.2, 0.25) is 5.91 Å². The highest BCUT2D eigenvalue weighted by molar-refractivity contribution is 5.93. The van der Waals surface area contributed by atoms with E-state index in [0.717, 1.165) is 30.5 Å². The van der Waals surface area contributed by atoms with Gasteiger partial charge in [-0.2, -0.15) is 5.10 Å². The first-order valence-corrected chi connectivity index (χ1v) is 10.4. The molecule has 1 aliphatic heterocycles. The number of H-pyrrole nitrogens is 1. The zero-order valence-electron chi connectivity index (χ0n) is 18.2. The molecule has 0 radical (unpaired) electrons. The topological polar surface area (TPSA) is 127 Å². The number of carbonyl (C=O) groups excluding carboxylic acids is 2. The fourth-order valence-corrected chi connectivity index (χ4v) is 3.70. The second kappa shape index (κ2) is 11.8. The molecule has 4 N–H and O–H groups in total. The Balaban J connectivity index is 0.00000107. The van der Waals surface area contributed by atoms with Gasteiger partial charge in [-0.05, 0) is 37.9 Å². The predicted molar refractivity (Wildman–Crippen MR) is 118 cm³/mol. The number of carbonyl (C=O) groups is 3. The lowest BCUT2D eigenvalue weighted by Crippen LogP contribution is -2.42. The summed E-state index contributed by atoms with van der Waals surface area (Å²) >= 11 is 0. The summed E-state index contributed by atoms with van der Waals surface area (Å²) in [6.45, 7) is 2.42. The summed E-state index contributed by atoms with van der Waals surface area (Å²) in [4.78, 5) is 34.7. The van der Waals surface area contributed by atoms with Gasteiger partial charge in [0.05, 0.1) is 5.69 Å². The van der Waals surface area contributed by atoms with Crippen LogP contribution in [0.1, 0.15) is 42.2 Å². The minimum Gasteiger partial charge on any atom is -0.483 e. The second-order valence-electron chi connectivity index (χ2n) is 7.46. The van der Waals surface area contributed by atoms with Gasteiger partial charge in [-0.1, -0.05) is 31.2 Å². The van der Waals surface area contributed by atoms with E-state index in [1.165, 1.54) is 5.56 Å². The Morgan fingerprint density at radius 1 is 1.26 bits per heavy atom. The first-order chi connectivity index (χ1) is 14.9. The van der Waals surface area contributed by atoms with Crippen LogP contribution in [0.25, 0.3) is 11.3 Å². The van der Waals surface area contributed by atoms with E-state index in [0.29, 0.717) is 18.7 Å². The number of nitrogens with one attached hydrogen (secondary N) is 3.